The SMILES string of the molecule is O=C(NC1CCCCC1)C(Cc1ccccc1)N(Cc1ccccc1Cl)C(=O)CN(c1ccc(Cl)c(C(F)(F)F)c1)S(=O)(=O)c1ccccc1. The maximum atomic E-state index is 14.6. The van der Waals surface area contributed by atoms with Crippen LogP contribution in [0.1, 0.15) is 48.8 Å². The Bertz CT molecular complexity index is 1890. The number of nitrogens with zero attached hydrogens (tertiary/aromatic N) is 2. The van der Waals surface area contributed by atoms with Gasteiger partial charge in [0.05, 0.1) is 21.2 Å². The van der Waals surface area contributed by atoms with E-state index in [-0.39, 0.29) is 23.9 Å². The van der Waals surface area contributed by atoms with E-state index >= 15 is 0 Å². The van der Waals surface area contributed by atoms with Crippen LogP contribution in [0.2, 0.25) is 10.0 Å². The van der Waals surface area contributed by atoms with Crippen molar-refractivity contribution in [1.29, 1.82) is 0 Å². The molecule has 7 nitrogen and oxygen atoms in total. The van der Waals surface area contributed by atoms with Crippen LogP contribution in [0.3, 0.4) is 0 Å². The molecule has 0 radical (unpaired) electrons. The average molecular weight is 747 g/mol. The van der Waals surface area contributed by atoms with Crippen LogP contribution >= 0.6 is 23.2 Å². The van der Waals surface area contributed by atoms with E-state index in [4.69, 9.17) is 23.2 Å². The summed E-state index contributed by atoms with van der Waals surface area (Å²) in [4.78, 5) is 29.9. The van der Waals surface area contributed by atoms with Gasteiger partial charge in [-0.25, -0.2) is 8.42 Å². The first-order valence-electron chi connectivity index (χ1n) is 16.2. The van der Waals surface area contributed by atoms with E-state index in [2.05, 4.69) is 5.32 Å². The lowest BCUT2D eigenvalue weighted by molar-refractivity contribution is -0.140. The Hall–Kier alpha value is -4.06. The number of amides is 2. The number of hydrogen-bond donors (Lipinski definition) is 1. The molecule has 1 aliphatic rings. The Balaban J connectivity index is 1.61. The molecule has 1 aliphatic carbocycles. The van der Waals surface area contributed by atoms with Gasteiger partial charge in [-0.15, -0.1) is 0 Å². The van der Waals surface area contributed by atoms with Crippen LogP contribution < -0.4 is 9.62 Å². The van der Waals surface area contributed by atoms with E-state index in [0.29, 0.717) is 21.0 Å². The molecular formula is C37H36Cl2F3N3O4S. The molecule has 0 aliphatic heterocycles. The zero-order valence-electron chi connectivity index (χ0n) is 27.0. The standard InChI is InChI=1S/C37H36Cl2F3N3O4S/c38-32-19-11-10-14-27(32)24-44(34(22-26-12-4-1-5-13-26)36(47)43-28-15-6-2-7-16-28)35(46)25-45(50(48,49)30-17-8-3-9-18-30)29-20-21-33(39)31(23-29)37(40,41)42/h1,3-5,8-14,17-21,23,28,34H,2,6-7,15-16,22,24-25H2,(H,43,47). The molecule has 2 amide bonds. The average Bonchev–Trinajstić information content (AvgIpc) is 3.10. The van der Waals surface area contributed by atoms with E-state index in [9.17, 15) is 31.2 Å². The molecule has 4 aromatic rings. The largest absolute Gasteiger partial charge is 0.417 e. The van der Waals surface area contributed by atoms with Gasteiger partial charge in [0.15, 0.2) is 0 Å². The molecule has 1 atom stereocenters. The Labute approximate surface area is 300 Å². The fourth-order valence-corrected chi connectivity index (χ4v) is 7.89. The highest BCUT2D eigenvalue weighted by Gasteiger charge is 2.38. The van der Waals surface area contributed by atoms with E-state index < -0.39 is 56.9 Å². The lowest BCUT2D eigenvalue weighted by atomic mass is 9.94. The first-order valence-corrected chi connectivity index (χ1v) is 18.4. The second kappa shape index (κ2) is 16.3. The maximum absolute atomic E-state index is 14.6. The highest BCUT2D eigenvalue weighted by molar-refractivity contribution is 7.92. The Morgan fingerprint density at radius 3 is 2.08 bits per heavy atom. The Morgan fingerprint density at radius 2 is 1.44 bits per heavy atom. The van der Waals surface area contributed by atoms with Crippen molar-refractivity contribution in [3.05, 3.63) is 130 Å². The molecule has 1 unspecified atom stereocenters. The first-order chi connectivity index (χ1) is 23.8. The summed E-state index contributed by atoms with van der Waals surface area (Å²) in [6.07, 6.45) is -0.308. The third-order valence-electron chi connectivity index (χ3n) is 8.67. The second-order valence-corrected chi connectivity index (χ2v) is 14.8. The van der Waals surface area contributed by atoms with Gasteiger partial charge in [-0.1, -0.05) is 109 Å². The molecule has 0 bridgehead atoms. The molecule has 13 heteroatoms. The van der Waals surface area contributed by atoms with Crippen molar-refractivity contribution < 1.29 is 31.2 Å². The van der Waals surface area contributed by atoms with Gasteiger partial charge in [0.25, 0.3) is 10.0 Å². The summed E-state index contributed by atoms with van der Waals surface area (Å²) >= 11 is 12.4. The molecule has 264 valence electrons. The van der Waals surface area contributed by atoms with Crippen LogP contribution in [-0.4, -0.2) is 43.8 Å². The van der Waals surface area contributed by atoms with Gasteiger partial charge in [-0.3, -0.25) is 13.9 Å². The highest BCUT2D eigenvalue weighted by atomic mass is 35.5. The minimum Gasteiger partial charge on any atom is -0.352 e. The van der Waals surface area contributed by atoms with Crippen LogP contribution in [0.5, 0.6) is 0 Å². The number of rotatable bonds is 12. The van der Waals surface area contributed by atoms with E-state index in [1.165, 1.54) is 29.2 Å². The molecule has 0 spiro atoms. The smallest absolute Gasteiger partial charge is 0.352 e. The summed E-state index contributed by atoms with van der Waals surface area (Å²) in [7, 11) is -4.62. The van der Waals surface area contributed by atoms with Gasteiger partial charge in [-0.2, -0.15) is 13.2 Å². The zero-order chi connectivity index (χ0) is 35.9. The van der Waals surface area contributed by atoms with Crippen molar-refractivity contribution >= 4 is 50.7 Å². The summed E-state index contributed by atoms with van der Waals surface area (Å²) in [6.45, 7) is -1.11. The predicted octanol–water partition coefficient (Wildman–Crippen LogP) is 8.30. The number of halogens is 5. The van der Waals surface area contributed by atoms with Gasteiger partial charge in [0.1, 0.15) is 12.6 Å². The molecule has 0 aromatic heterocycles. The van der Waals surface area contributed by atoms with Gasteiger partial charge in [0, 0.05) is 24.0 Å². The van der Waals surface area contributed by atoms with Crippen molar-refractivity contribution in [2.24, 2.45) is 0 Å². The first kappa shape index (κ1) is 37.2. The second-order valence-electron chi connectivity index (χ2n) is 12.1. The van der Waals surface area contributed by atoms with E-state index in [0.717, 1.165) is 49.8 Å². The minimum atomic E-state index is -4.91. The molecule has 0 saturated heterocycles. The zero-order valence-corrected chi connectivity index (χ0v) is 29.3. The van der Waals surface area contributed by atoms with Crippen molar-refractivity contribution in [3.8, 4) is 0 Å². The number of hydrogen-bond acceptors (Lipinski definition) is 4. The minimum absolute atomic E-state index is 0.0835. The summed E-state index contributed by atoms with van der Waals surface area (Å²) in [6, 6.07) is 24.3. The summed E-state index contributed by atoms with van der Waals surface area (Å²) < 4.78 is 70.9. The fraction of sp³-hybridized carbons (Fsp3) is 0.297. The molecule has 0 heterocycles. The van der Waals surface area contributed by atoms with Gasteiger partial charge < -0.3 is 10.2 Å². The lowest BCUT2D eigenvalue weighted by Crippen LogP contribution is -2.55. The van der Waals surface area contributed by atoms with Gasteiger partial charge >= 0.3 is 6.18 Å². The normalized spacial score (nSPS) is 14.5. The molecule has 1 N–H and O–H groups in total. The summed E-state index contributed by atoms with van der Waals surface area (Å²) in [5.41, 5.74) is -0.453. The molecule has 1 fully saturated rings. The molecular weight excluding hydrogens is 710 g/mol. The molecule has 1 saturated carbocycles. The monoisotopic (exact) mass is 745 g/mol. The number of carbonyl (C=O) groups excluding carboxylic acids is 2. The van der Waals surface area contributed by atoms with Crippen molar-refractivity contribution in [1.82, 2.24) is 10.2 Å². The number of sulfonamides is 1. The van der Waals surface area contributed by atoms with Gasteiger partial charge in [0.2, 0.25) is 11.8 Å². The van der Waals surface area contributed by atoms with Crippen LogP contribution in [-0.2, 0) is 38.8 Å². The third kappa shape index (κ3) is 9.18. The Kier molecular flexibility index (Phi) is 12.1. The topological polar surface area (TPSA) is 86.8 Å². The van der Waals surface area contributed by atoms with Crippen molar-refractivity contribution in [2.45, 2.75) is 68.2 Å². The molecule has 50 heavy (non-hydrogen) atoms. The van der Waals surface area contributed by atoms with Crippen molar-refractivity contribution in [3.63, 3.8) is 0 Å². The number of nitrogens with one attached hydrogen (secondary N) is 1. The summed E-state index contributed by atoms with van der Waals surface area (Å²) in [5, 5.41) is 2.79. The Morgan fingerprint density at radius 1 is 0.820 bits per heavy atom. The maximum Gasteiger partial charge on any atom is 0.417 e. The van der Waals surface area contributed by atoms with Crippen molar-refractivity contribution in [2.75, 3.05) is 10.8 Å². The fourth-order valence-electron chi connectivity index (χ4n) is 6.04. The van der Waals surface area contributed by atoms with Crippen LogP contribution in [0.15, 0.2) is 108 Å². The van der Waals surface area contributed by atoms with Crippen LogP contribution in [0.25, 0.3) is 0 Å². The highest BCUT2D eigenvalue weighted by Crippen LogP contribution is 2.38. The van der Waals surface area contributed by atoms with E-state index in [1.807, 2.05) is 18.2 Å². The summed E-state index contributed by atoms with van der Waals surface area (Å²) in [5.74, 6) is -1.25. The number of benzene rings is 4. The molecule has 4 aromatic carbocycles. The third-order valence-corrected chi connectivity index (χ3v) is 11.2. The predicted molar refractivity (Wildman–Crippen MR) is 188 cm³/mol. The number of anilines is 1. The lowest BCUT2D eigenvalue weighted by Gasteiger charge is -2.35. The quantitative estimate of drug-likeness (QED) is 0.158. The molecule has 5 rings (SSSR count). The van der Waals surface area contributed by atoms with Crippen LogP contribution in [0.4, 0.5) is 18.9 Å². The number of carbonyl (C=O) groups is 2. The van der Waals surface area contributed by atoms with Gasteiger partial charge in [-0.05, 0) is 60.4 Å². The van der Waals surface area contributed by atoms with E-state index in [1.54, 1.807) is 42.5 Å². The number of alkyl halides is 3. The van der Waals surface area contributed by atoms with Crippen LogP contribution in [0, 0.1) is 0 Å².